The maximum Gasteiger partial charge on any atom is 0.250 e. The van der Waals surface area contributed by atoms with Crippen LogP contribution < -0.4 is 10.6 Å². The number of methoxy groups -OCH3 is 1. The molecule has 3 N–H and O–H groups in total. The predicted octanol–water partition coefficient (Wildman–Crippen LogP) is 3.00. The van der Waals surface area contributed by atoms with Crippen molar-refractivity contribution in [3.05, 3.63) is 30.4 Å². The van der Waals surface area contributed by atoms with E-state index in [1.165, 1.54) is 0 Å². The third-order valence-corrected chi connectivity index (χ3v) is 8.29. The number of fused-ring (bicyclic) bond motifs is 1. The first-order chi connectivity index (χ1) is 19.1. The third kappa shape index (κ3) is 5.73. The molecule has 3 aromatic heterocycles. The van der Waals surface area contributed by atoms with Crippen LogP contribution in [0, 0.1) is 0 Å². The normalized spacial score (nSPS) is 24.8. The van der Waals surface area contributed by atoms with Crippen LogP contribution in [-0.2, 0) is 15.1 Å². The first kappa shape index (κ1) is 28.5. The molecule has 5 rings (SSSR count). The second kappa shape index (κ2) is 11.5. The van der Waals surface area contributed by atoms with Gasteiger partial charge >= 0.3 is 0 Å². The molecule has 0 bridgehead atoms. The van der Waals surface area contributed by atoms with E-state index in [0.29, 0.717) is 25.6 Å². The summed E-state index contributed by atoms with van der Waals surface area (Å²) in [6.45, 7) is 12.0. The number of hydrogen-bond acceptors (Lipinski definition) is 8. The number of amides is 1. The van der Waals surface area contributed by atoms with E-state index in [1.807, 2.05) is 48.8 Å². The number of carbonyl (C=O) groups is 1. The number of ether oxygens (including phenoxy) is 1. The van der Waals surface area contributed by atoms with Gasteiger partial charge in [-0.25, -0.2) is 9.50 Å². The van der Waals surface area contributed by atoms with Crippen molar-refractivity contribution in [1.29, 1.82) is 0 Å². The van der Waals surface area contributed by atoms with Crippen LogP contribution in [0.25, 0.3) is 16.6 Å². The van der Waals surface area contributed by atoms with Crippen LogP contribution in [0.2, 0.25) is 0 Å². The van der Waals surface area contributed by atoms with Crippen molar-refractivity contribution in [3.63, 3.8) is 0 Å². The van der Waals surface area contributed by atoms with E-state index in [0.717, 1.165) is 48.0 Å². The van der Waals surface area contributed by atoms with Crippen molar-refractivity contribution in [1.82, 2.24) is 34.6 Å². The van der Waals surface area contributed by atoms with E-state index < -0.39 is 5.54 Å². The quantitative estimate of drug-likeness (QED) is 0.390. The van der Waals surface area contributed by atoms with Gasteiger partial charge in [-0.2, -0.15) is 5.10 Å². The molecule has 2 aliphatic rings. The first-order valence-corrected chi connectivity index (χ1v) is 14.5. The number of nitrogens with zero attached hydrogens (tertiary/aromatic N) is 6. The molecule has 0 unspecified atom stereocenters. The summed E-state index contributed by atoms with van der Waals surface area (Å²) < 4.78 is 9.03. The highest BCUT2D eigenvalue weighted by molar-refractivity contribution is 5.85. The average molecular weight is 553 g/mol. The molecule has 218 valence electrons. The maximum atomic E-state index is 13.7. The van der Waals surface area contributed by atoms with Crippen molar-refractivity contribution in [2.75, 3.05) is 32.1 Å². The zero-order valence-electron chi connectivity index (χ0n) is 24.6. The van der Waals surface area contributed by atoms with Crippen LogP contribution >= 0.6 is 0 Å². The molecule has 3 aromatic rings. The van der Waals surface area contributed by atoms with Crippen molar-refractivity contribution < 1.29 is 14.6 Å². The Bertz CT molecular complexity index is 1320. The highest BCUT2D eigenvalue weighted by Gasteiger charge is 2.37. The summed E-state index contributed by atoms with van der Waals surface area (Å²) in [6.07, 6.45) is 8.78. The van der Waals surface area contributed by atoms with E-state index in [2.05, 4.69) is 40.6 Å². The Morgan fingerprint density at radius 3 is 2.58 bits per heavy atom. The average Bonchev–Trinajstić information content (AvgIpc) is 3.54. The lowest BCUT2D eigenvalue weighted by atomic mass is 9.85. The lowest BCUT2D eigenvalue weighted by molar-refractivity contribution is -0.141. The number of anilines is 1. The molecule has 40 heavy (non-hydrogen) atoms. The molecule has 1 saturated heterocycles. The third-order valence-electron chi connectivity index (χ3n) is 8.29. The lowest BCUT2D eigenvalue weighted by Gasteiger charge is -2.40. The molecular weight excluding hydrogens is 508 g/mol. The van der Waals surface area contributed by atoms with Gasteiger partial charge in [0.2, 0.25) is 11.9 Å². The zero-order chi connectivity index (χ0) is 28.6. The van der Waals surface area contributed by atoms with E-state index >= 15 is 0 Å². The Morgan fingerprint density at radius 1 is 1.20 bits per heavy atom. The molecular formula is C29H44N8O3. The molecule has 0 aromatic carbocycles. The number of piperazine rings is 1. The minimum absolute atomic E-state index is 0.0606. The van der Waals surface area contributed by atoms with Crippen LogP contribution in [-0.4, -0.2) is 91.3 Å². The highest BCUT2D eigenvalue weighted by atomic mass is 16.5. The SMILES string of the molecule is COC[C@H](C)Nc1ncc2c(-c3cnn(C(C)(C)C(=O)N4C[C@@H](C)N[C@@H](C)C4)c3)cc(C3CCC(O)CC3)n2n1. The Hall–Kier alpha value is -3.02. The molecule has 1 aliphatic carbocycles. The standard InChI is InChI=1S/C29H44N8O3/c1-18-14-35(15-19(2)32-18)27(39)29(4,5)36-16-22(12-31-36)24-11-25(21-7-9-23(38)10-8-21)37-26(24)13-30-28(34-37)33-20(3)17-40-6/h11-13,16,18-21,23,32,38H,7-10,14-15,17H2,1-6H3,(H,33,34)/t18-,19+,20-,21?,23?/m0/s1. The van der Waals surface area contributed by atoms with Gasteiger partial charge in [-0.15, -0.1) is 5.10 Å². The summed E-state index contributed by atoms with van der Waals surface area (Å²) in [5.74, 6) is 0.890. The van der Waals surface area contributed by atoms with Crippen molar-refractivity contribution >= 4 is 17.4 Å². The molecule has 1 saturated carbocycles. The first-order valence-electron chi connectivity index (χ1n) is 14.5. The number of aliphatic hydroxyl groups excluding tert-OH is 1. The molecule has 3 atom stereocenters. The molecule has 0 spiro atoms. The van der Waals surface area contributed by atoms with Gasteiger partial charge < -0.3 is 25.4 Å². The molecule has 0 radical (unpaired) electrons. The number of rotatable bonds is 8. The van der Waals surface area contributed by atoms with Crippen LogP contribution in [0.1, 0.15) is 71.9 Å². The number of carbonyl (C=O) groups excluding carboxylic acids is 1. The van der Waals surface area contributed by atoms with E-state index in [-0.39, 0.29) is 36.1 Å². The second-order valence-corrected chi connectivity index (χ2v) is 12.3. The van der Waals surface area contributed by atoms with Crippen LogP contribution in [0.5, 0.6) is 0 Å². The molecule has 11 nitrogen and oxygen atoms in total. The Kier molecular flexibility index (Phi) is 8.17. The lowest BCUT2D eigenvalue weighted by Crippen LogP contribution is -2.59. The van der Waals surface area contributed by atoms with Crippen molar-refractivity contribution in [2.45, 2.75) is 96.0 Å². The minimum Gasteiger partial charge on any atom is -0.393 e. The molecule has 2 fully saturated rings. The van der Waals surface area contributed by atoms with Gasteiger partial charge in [-0.3, -0.25) is 9.48 Å². The van der Waals surface area contributed by atoms with Gasteiger partial charge in [-0.05, 0) is 66.4 Å². The van der Waals surface area contributed by atoms with Gasteiger partial charge in [-0.1, -0.05) is 0 Å². The van der Waals surface area contributed by atoms with Gasteiger partial charge in [0.05, 0.1) is 30.6 Å². The fraction of sp³-hybridized carbons (Fsp3) is 0.655. The number of aliphatic hydroxyl groups is 1. The van der Waals surface area contributed by atoms with E-state index in [9.17, 15) is 9.90 Å². The van der Waals surface area contributed by atoms with Gasteiger partial charge in [0.1, 0.15) is 5.54 Å². The van der Waals surface area contributed by atoms with Crippen LogP contribution in [0.4, 0.5) is 5.95 Å². The predicted molar refractivity (Wildman–Crippen MR) is 154 cm³/mol. The van der Waals surface area contributed by atoms with Gasteiger partial charge in [0.15, 0.2) is 0 Å². The van der Waals surface area contributed by atoms with Gasteiger partial charge in [0.25, 0.3) is 0 Å². The van der Waals surface area contributed by atoms with Crippen molar-refractivity contribution in [3.8, 4) is 11.1 Å². The summed E-state index contributed by atoms with van der Waals surface area (Å²) in [5, 5.41) is 26.5. The summed E-state index contributed by atoms with van der Waals surface area (Å²) >= 11 is 0. The van der Waals surface area contributed by atoms with E-state index in [4.69, 9.17) is 9.84 Å². The largest absolute Gasteiger partial charge is 0.393 e. The van der Waals surface area contributed by atoms with E-state index in [1.54, 1.807) is 11.8 Å². The van der Waals surface area contributed by atoms with Gasteiger partial charge in [0, 0.05) is 67.3 Å². The zero-order valence-corrected chi connectivity index (χ0v) is 24.6. The summed E-state index contributed by atoms with van der Waals surface area (Å²) in [6, 6.07) is 2.75. The van der Waals surface area contributed by atoms with Crippen LogP contribution in [0.3, 0.4) is 0 Å². The Morgan fingerprint density at radius 2 is 1.90 bits per heavy atom. The van der Waals surface area contributed by atoms with Crippen LogP contribution in [0.15, 0.2) is 24.7 Å². The molecule has 11 heteroatoms. The maximum absolute atomic E-state index is 13.7. The number of nitrogens with one attached hydrogen (secondary N) is 2. The van der Waals surface area contributed by atoms with Crippen molar-refractivity contribution in [2.24, 2.45) is 0 Å². The summed E-state index contributed by atoms with van der Waals surface area (Å²) in [7, 11) is 1.68. The Labute approximate surface area is 236 Å². The number of hydrogen-bond donors (Lipinski definition) is 3. The second-order valence-electron chi connectivity index (χ2n) is 12.3. The number of aromatic nitrogens is 5. The fourth-order valence-corrected chi connectivity index (χ4v) is 6.23. The fourth-order valence-electron chi connectivity index (χ4n) is 6.23. The summed E-state index contributed by atoms with van der Waals surface area (Å²) in [4.78, 5) is 20.2. The summed E-state index contributed by atoms with van der Waals surface area (Å²) in [5.41, 5.74) is 3.06. The highest BCUT2D eigenvalue weighted by Crippen LogP contribution is 2.38. The topological polar surface area (TPSA) is 122 Å². The smallest absolute Gasteiger partial charge is 0.250 e. The Balaban J connectivity index is 1.48. The molecule has 1 aliphatic heterocycles. The molecule has 4 heterocycles. The molecule has 1 amide bonds. The minimum atomic E-state index is -0.835. The monoisotopic (exact) mass is 552 g/mol.